The van der Waals surface area contributed by atoms with E-state index in [0.29, 0.717) is 5.69 Å². The molecule has 0 spiro atoms. The quantitative estimate of drug-likeness (QED) is 0.797. The summed E-state index contributed by atoms with van der Waals surface area (Å²) in [4.78, 5) is 11.6. The number of carbonyl (C=O) groups is 1. The van der Waals surface area contributed by atoms with Crippen LogP contribution in [0.4, 0.5) is 14.9 Å². The summed E-state index contributed by atoms with van der Waals surface area (Å²) in [6.07, 6.45) is 0. The molecule has 2 N–H and O–H groups in total. The van der Waals surface area contributed by atoms with E-state index in [1.165, 1.54) is 24.3 Å². The van der Waals surface area contributed by atoms with E-state index in [0.717, 1.165) is 10.2 Å². The Labute approximate surface area is 142 Å². The first-order valence-electron chi connectivity index (χ1n) is 6.78. The second kappa shape index (κ2) is 8.81. The second-order valence-electron chi connectivity index (χ2n) is 4.41. The number of benzene rings is 2. The molecule has 0 aliphatic carbocycles. The summed E-state index contributed by atoms with van der Waals surface area (Å²) in [5.74, 6) is 5.94. The molecular weight excluding hydrogens is 363 g/mol. The zero-order chi connectivity index (χ0) is 16.5. The maximum Gasteiger partial charge on any atom is 0.319 e. The van der Waals surface area contributed by atoms with E-state index in [2.05, 4.69) is 38.4 Å². The van der Waals surface area contributed by atoms with E-state index in [-0.39, 0.29) is 19.0 Å². The molecule has 0 unspecified atom stereocenters. The summed E-state index contributed by atoms with van der Waals surface area (Å²) >= 11 is 3.35. The molecule has 0 heterocycles. The number of hydrogen-bond acceptors (Lipinski definition) is 2. The highest BCUT2D eigenvalue weighted by atomic mass is 79.9. The molecule has 118 valence electrons. The standard InChI is InChI=1S/C17H14BrFN2O2/c18-13-4-3-5-16(12-13)23-11-2-1-10-20-17(22)21-15-8-6-14(19)7-9-15/h3-9,12H,10-11H2,(H2,20,21,22). The fraction of sp³-hybridized carbons (Fsp3) is 0.118. The average Bonchev–Trinajstić information content (AvgIpc) is 2.53. The molecule has 2 aromatic carbocycles. The van der Waals surface area contributed by atoms with Crippen LogP contribution >= 0.6 is 15.9 Å². The Kier molecular flexibility index (Phi) is 6.45. The van der Waals surface area contributed by atoms with E-state index in [1.54, 1.807) is 0 Å². The van der Waals surface area contributed by atoms with Crippen molar-refractivity contribution in [3.05, 3.63) is 58.8 Å². The molecule has 0 bridgehead atoms. The first-order valence-corrected chi connectivity index (χ1v) is 7.57. The van der Waals surface area contributed by atoms with Crippen molar-refractivity contribution in [1.82, 2.24) is 5.32 Å². The Balaban J connectivity index is 1.67. The van der Waals surface area contributed by atoms with Gasteiger partial charge in [0.05, 0.1) is 6.54 Å². The number of ether oxygens (including phenoxy) is 1. The lowest BCUT2D eigenvalue weighted by Gasteiger charge is -2.04. The highest BCUT2D eigenvalue weighted by molar-refractivity contribution is 9.10. The van der Waals surface area contributed by atoms with Gasteiger partial charge in [0.2, 0.25) is 0 Å². The van der Waals surface area contributed by atoms with Crippen LogP contribution in [0.5, 0.6) is 5.75 Å². The number of carbonyl (C=O) groups excluding carboxylic acids is 1. The molecule has 0 saturated carbocycles. The Morgan fingerprint density at radius 1 is 1.17 bits per heavy atom. The molecule has 23 heavy (non-hydrogen) atoms. The van der Waals surface area contributed by atoms with Gasteiger partial charge in [-0.15, -0.1) is 0 Å². The SMILES string of the molecule is O=C(NCC#CCOc1cccc(Br)c1)Nc1ccc(F)cc1. The molecular formula is C17H14BrFN2O2. The Hall–Kier alpha value is -2.52. The van der Waals surface area contributed by atoms with Crippen LogP contribution in [0.25, 0.3) is 0 Å². The molecule has 0 radical (unpaired) electrons. The number of urea groups is 1. The molecule has 6 heteroatoms. The van der Waals surface area contributed by atoms with Crippen LogP contribution < -0.4 is 15.4 Å². The minimum atomic E-state index is -0.404. The van der Waals surface area contributed by atoms with Gasteiger partial charge >= 0.3 is 6.03 Å². The monoisotopic (exact) mass is 376 g/mol. The molecule has 0 saturated heterocycles. The molecule has 0 aliphatic heterocycles. The van der Waals surface area contributed by atoms with Gasteiger partial charge in [-0.05, 0) is 42.5 Å². The zero-order valence-corrected chi connectivity index (χ0v) is 13.7. The Morgan fingerprint density at radius 3 is 2.70 bits per heavy atom. The topological polar surface area (TPSA) is 50.4 Å². The molecule has 0 aromatic heterocycles. The number of hydrogen-bond donors (Lipinski definition) is 2. The van der Waals surface area contributed by atoms with Gasteiger partial charge < -0.3 is 15.4 Å². The summed E-state index contributed by atoms with van der Waals surface area (Å²) in [7, 11) is 0. The minimum absolute atomic E-state index is 0.189. The van der Waals surface area contributed by atoms with Gasteiger partial charge in [-0.25, -0.2) is 9.18 Å². The molecule has 0 atom stereocenters. The van der Waals surface area contributed by atoms with Gasteiger partial charge in [0.1, 0.15) is 18.2 Å². The summed E-state index contributed by atoms with van der Waals surface area (Å²) in [5, 5.41) is 5.14. The lowest BCUT2D eigenvalue weighted by molar-refractivity contribution is 0.253. The Bertz CT molecular complexity index is 723. The van der Waals surface area contributed by atoms with Crippen molar-refractivity contribution >= 4 is 27.6 Å². The summed E-state index contributed by atoms with van der Waals surface area (Å²) < 4.78 is 19.1. The molecule has 4 nitrogen and oxygen atoms in total. The van der Waals surface area contributed by atoms with Crippen molar-refractivity contribution in [2.24, 2.45) is 0 Å². The first-order chi connectivity index (χ1) is 11.1. The van der Waals surface area contributed by atoms with Crippen molar-refractivity contribution < 1.29 is 13.9 Å². The van der Waals surface area contributed by atoms with Crippen LogP contribution in [0, 0.1) is 17.7 Å². The highest BCUT2D eigenvalue weighted by Gasteiger charge is 1.99. The lowest BCUT2D eigenvalue weighted by atomic mass is 10.3. The smallest absolute Gasteiger partial charge is 0.319 e. The summed E-state index contributed by atoms with van der Waals surface area (Å²) in [6.45, 7) is 0.423. The van der Waals surface area contributed by atoms with Crippen molar-refractivity contribution in [2.75, 3.05) is 18.5 Å². The van der Waals surface area contributed by atoms with Crippen molar-refractivity contribution in [2.45, 2.75) is 0 Å². The molecule has 2 amide bonds. The molecule has 2 aromatic rings. The van der Waals surface area contributed by atoms with Crippen LogP contribution in [0.1, 0.15) is 0 Å². The maximum atomic E-state index is 12.7. The van der Waals surface area contributed by atoms with Crippen LogP contribution in [0.3, 0.4) is 0 Å². The van der Waals surface area contributed by atoms with Crippen molar-refractivity contribution in [1.29, 1.82) is 0 Å². The lowest BCUT2D eigenvalue weighted by Crippen LogP contribution is -2.28. The third kappa shape index (κ3) is 6.41. The maximum absolute atomic E-state index is 12.7. The normalized spacial score (nSPS) is 9.48. The van der Waals surface area contributed by atoms with E-state index < -0.39 is 6.03 Å². The van der Waals surface area contributed by atoms with Crippen molar-refractivity contribution in [3.8, 4) is 17.6 Å². The average molecular weight is 377 g/mol. The number of rotatable bonds is 4. The molecule has 0 aliphatic rings. The van der Waals surface area contributed by atoms with Crippen LogP contribution in [0.2, 0.25) is 0 Å². The molecule has 2 rings (SSSR count). The van der Waals surface area contributed by atoms with Gasteiger partial charge in [-0.3, -0.25) is 0 Å². The minimum Gasteiger partial charge on any atom is -0.481 e. The van der Waals surface area contributed by atoms with Gasteiger partial charge in [0, 0.05) is 10.2 Å². The largest absolute Gasteiger partial charge is 0.481 e. The first kappa shape index (κ1) is 16.8. The third-order valence-electron chi connectivity index (χ3n) is 2.67. The van der Waals surface area contributed by atoms with Gasteiger partial charge in [0.25, 0.3) is 0 Å². The Morgan fingerprint density at radius 2 is 1.96 bits per heavy atom. The number of nitrogens with one attached hydrogen (secondary N) is 2. The summed E-state index contributed by atoms with van der Waals surface area (Å²) in [5.41, 5.74) is 0.509. The second-order valence-corrected chi connectivity index (χ2v) is 5.33. The van der Waals surface area contributed by atoms with Crippen LogP contribution in [-0.4, -0.2) is 19.2 Å². The predicted octanol–water partition coefficient (Wildman–Crippen LogP) is 3.79. The van der Waals surface area contributed by atoms with Crippen LogP contribution in [-0.2, 0) is 0 Å². The van der Waals surface area contributed by atoms with E-state index in [1.807, 2.05) is 24.3 Å². The summed E-state index contributed by atoms with van der Waals surface area (Å²) in [6, 6.07) is 12.6. The van der Waals surface area contributed by atoms with Crippen LogP contribution in [0.15, 0.2) is 53.0 Å². The number of amides is 2. The highest BCUT2D eigenvalue weighted by Crippen LogP contribution is 2.17. The predicted molar refractivity (Wildman–Crippen MR) is 90.8 cm³/mol. The van der Waals surface area contributed by atoms with Crippen molar-refractivity contribution in [3.63, 3.8) is 0 Å². The zero-order valence-electron chi connectivity index (χ0n) is 12.1. The molecule has 0 fully saturated rings. The van der Waals surface area contributed by atoms with E-state index in [4.69, 9.17) is 4.74 Å². The van der Waals surface area contributed by atoms with E-state index >= 15 is 0 Å². The van der Waals surface area contributed by atoms with E-state index in [9.17, 15) is 9.18 Å². The fourth-order valence-electron chi connectivity index (χ4n) is 1.62. The van der Waals surface area contributed by atoms with Gasteiger partial charge in [0.15, 0.2) is 0 Å². The fourth-order valence-corrected chi connectivity index (χ4v) is 2.00. The van der Waals surface area contributed by atoms with Gasteiger partial charge in [-0.1, -0.05) is 33.8 Å². The third-order valence-corrected chi connectivity index (χ3v) is 3.16. The number of halogens is 2. The number of anilines is 1. The van der Waals surface area contributed by atoms with Gasteiger partial charge in [-0.2, -0.15) is 0 Å².